The molecule has 0 fully saturated rings. The first kappa shape index (κ1) is 14.5. The van der Waals surface area contributed by atoms with E-state index in [-0.39, 0.29) is 11.7 Å². The fourth-order valence-electron chi connectivity index (χ4n) is 1.50. The summed E-state index contributed by atoms with van der Waals surface area (Å²) in [7, 11) is 0. The zero-order chi connectivity index (χ0) is 14.4. The largest absolute Gasteiger partial charge is 0.465 e. The van der Waals surface area contributed by atoms with Crippen molar-refractivity contribution in [2.75, 3.05) is 12.4 Å². The molecule has 20 heavy (non-hydrogen) atoms. The minimum Gasteiger partial charge on any atom is -0.465 e. The highest BCUT2D eigenvalue weighted by molar-refractivity contribution is 7.99. The second-order valence-electron chi connectivity index (χ2n) is 4.04. The number of hydrogen-bond acceptors (Lipinski definition) is 6. The first-order valence-corrected chi connectivity index (χ1v) is 7.22. The maximum absolute atomic E-state index is 11.3. The van der Waals surface area contributed by atoms with Gasteiger partial charge in [-0.05, 0) is 31.5 Å². The second kappa shape index (κ2) is 7.00. The highest BCUT2D eigenvalue weighted by Crippen LogP contribution is 2.18. The van der Waals surface area contributed by atoms with E-state index in [2.05, 4.69) is 15.0 Å². The highest BCUT2D eigenvalue weighted by atomic mass is 32.2. The van der Waals surface area contributed by atoms with Gasteiger partial charge in [0, 0.05) is 12.4 Å². The summed E-state index contributed by atoms with van der Waals surface area (Å²) in [4.78, 5) is 24.1. The number of esters is 1. The smallest absolute Gasteiger partial charge is 0.316 e. The summed E-state index contributed by atoms with van der Waals surface area (Å²) in [5.74, 6) is -0.0570. The first-order chi connectivity index (χ1) is 9.69. The van der Waals surface area contributed by atoms with Gasteiger partial charge in [-0.1, -0.05) is 17.8 Å². The molecule has 0 spiro atoms. The van der Waals surface area contributed by atoms with Crippen molar-refractivity contribution < 1.29 is 9.53 Å². The van der Waals surface area contributed by atoms with Crippen molar-refractivity contribution in [3.63, 3.8) is 0 Å². The van der Waals surface area contributed by atoms with Crippen LogP contribution in [0.3, 0.4) is 0 Å². The summed E-state index contributed by atoms with van der Waals surface area (Å²) in [5, 5.41) is 0.540. The molecule has 0 N–H and O–H groups in total. The van der Waals surface area contributed by atoms with Crippen LogP contribution >= 0.6 is 11.8 Å². The summed E-state index contributed by atoms with van der Waals surface area (Å²) in [6.45, 7) is 4.15. The summed E-state index contributed by atoms with van der Waals surface area (Å²) >= 11 is 1.26. The third kappa shape index (κ3) is 4.03. The van der Waals surface area contributed by atoms with E-state index in [0.29, 0.717) is 11.8 Å². The molecule has 0 aliphatic carbocycles. The zero-order valence-electron chi connectivity index (χ0n) is 11.4. The van der Waals surface area contributed by atoms with Crippen molar-refractivity contribution in [1.29, 1.82) is 0 Å². The molecule has 2 heterocycles. The maximum atomic E-state index is 11.3. The molecule has 0 atom stereocenters. The fourth-order valence-corrected chi connectivity index (χ4v) is 2.13. The molecular formula is C14H15N3O2S. The molecule has 2 aromatic rings. The topological polar surface area (TPSA) is 65.0 Å². The van der Waals surface area contributed by atoms with Gasteiger partial charge < -0.3 is 4.74 Å². The molecule has 2 rings (SSSR count). The van der Waals surface area contributed by atoms with Gasteiger partial charge in [0.2, 0.25) is 0 Å². The van der Waals surface area contributed by atoms with Gasteiger partial charge in [-0.25, -0.2) is 9.97 Å². The SMILES string of the molecule is CCOC(=O)CSc1nccc(-c2ccc(C)cn2)n1. The van der Waals surface area contributed by atoms with Crippen LogP contribution in [0.4, 0.5) is 0 Å². The lowest BCUT2D eigenvalue weighted by Crippen LogP contribution is -2.07. The molecule has 0 amide bonds. The minimum atomic E-state index is -0.264. The Morgan fingerprint density at radius 3 is 2.80 bits per heavy atom. The van der Waals surface area contributed by atoms with Crippen LogP contribution in [0.2, 0.25) is 0 Å². The highest BCUT2D eigenvalue weighted by Gasteiger charge is 2.07. The van der Waals surface area contributed by atoms with Crippen molar-refractivity contribution in [2.45, 2.75) is 19.0 Å². The van der Waals surface area contributed by atoms with Gasteiger partial charge in [0.1, 0.15) is 0 Å². The van der Waals surface area contributed by atoms with Crippen LogP contribution in [0, 0.1) is 6.92 Å². The number of aromatic nitrogens is 3. The molecule has 104 valence electrons. The zero-order valence-corrected chi connectivity index (χ0v) is 12.2. The molecular weight excluding hydrogens is 274 g/mol. The molecule has 5 nitrogen and oxygen atoms in total. The Bertz CT molecular complexity index is 587. The molecule has 0 radical (unpaired) electrons. The maximum Gasteiger partial charge on any atom is 0.316 e. The van der Waals surface area contributed by atoms with E-state index in [9.17, 15) is 4.79 Å². The molecule has 0 aliphatic heterocycles. The Balaban J connectivity index is 2.08. The molecule has 0 bridgehead atoms. The van der Waals surface area contributed by atoms with Gasteiger partial charge in [-0.15, -0.1) is 0 Å². The molecule has 0 saturated heterocycles. The summed E-state index contributed by atoms with van der Waals surface area (Å²) < 4.78 is 4.86. The molecule has 2 aromatic heterocycles. The fraction of sp³-hybridized carbons (Fsp3) is 0.286. The van der Waals surface area contributed by atoms with Crippen molar-refractivity contribution >= 4 is 17.7 Å². The monoisotopic (exact) mass is 289 g/mol. The van der Waals surface area contributed by atoms with Crippen molar-refractivity contribution in [3.8, 4) is 11.4 Å². The van der Waals surface area contributed by atoms with Crippen LogP contribution in [-0.4, -0.2) is 33.3 Å². The number of pyridine rings is 1. The van der Waals surface area contributed by atoms with Crippen LogP contribution < -0.4 is 0 Å². The predicted molar refractivity (Wildman–Crippen MR) is 77.4 cm³/mol. The van der Waals surface area contributed by atoms with E-state index in [1.807, 2.05) is 19.1 Å². The number of thioether (sulfide) groups is 1. The van der Waals surface area contributed by atoms with Crippen molar-refractivity contribution in [3.05, 3.63) is 36.2 Å². The van der Waals surface area contributed by atoms with Crippen molar-refractivity contribution in [2.24, 2.45) is 0 Å². The average molecular weight is 289 g/mol. The van der Waals surface area contributed by atoms with Gasteiger partial charge in [0.15, 0.2) is 5.16 Å². The standard InChI is InChI=1S/C14H15N3O2S/c1-3-19-13(18)9-20-14-15-7-6-12(17-14)11-5-4-10(2)8-16-11/h4-8H,3,9H2,1-2H3. The van der Waals surface area contributed by atoms with E-state index in [0.717, 1.165) is 17.0 Å². The lowest BCUT2D eigenvalue weighted by Gasteiger charge is -2.03. The van der Waals surface area contributed by atoms with Crippen LogP contribution in [0.25, 0.3) is 11.4 Å². The third-order valence-corrected chi connectivity index (χ3v) is 3.27. The summed E-state index contributed by atoms with van der Waals surface area (Å²) in [6, 6.07) is 5.69. The number of aryl methyl sites for hydroxylation is 1. The number of carbonyl (C=O) groups is 1. The predicted octanol–water partition coefficient (Wildman–Crippen LogP) is 2.50. The minimum absolute atomic E-state index is 0.207. The molecule has 6 heteroatoms. The van der Waals surface area contributed by atoms with Gasteiger partial charge in [0.25, 0.3) is 0 Å². The second-order valence-corrected chi connectivity index (χ2v) is 4.98. The van der Waals surface area contributed by atoms with E-state index < -0.39 is 0 Å². The van der Waals surface area contributed by atoms with Crippen LogP contribution in [-0.2, 0) is 9.53 Å². The van der Waals surface area contributed by atoms with Crippen LogP contribution in [0.15, 0.2) is 35.7 Å². The van der Waals surface area contributed by atoms with Gasteiger partial charge in [-0.3, -0.25) is 9.78 Å². The van der Waals surface area contributed by atoms with E-state index in [1.54, 1.807) is 25.4 Å². The first-order valence-electron chi connectivity index (χ1n) is 6.23. The van der Waals surface area contributed by atoms with Crippen LogP contribution in [0.1, 0.15) is 12.5 Å². The van der Waals surface area contributed by atoms with Gasteiger partial charge in [0.05, 0.1) is 23.7 Å². The number of rotatable bonds is 5. The van der Waals surface area contributed by atoms with Crippen LogP contribution in [0.5, 0.6) is 0 Å². The number of hydrogen-bond donors (Lipinski definition) is 0. The molecule has 0 aromatic carbocycles. The Morgan fingerprint density at radius 1 is 1.25 bits per heavy atom. The molecule has 0 unspecified atom stereocenters. The molecule has 0 aliphatic rings. The Kier molecular flexibility index (Phi) is 5.06. The Hall–Kier alpha value is -1.95. The Labute approximate surface area is 121 Å². The number of nitrogens with zero attached hydrogens (tertiary/aromatic N) is 3. The summed E-state index contributed by atoms with van der Waals surface area (Å²) in [5.41, 5.74) is 2.63. The average Bonchev–Trinajstić information content (AvgIpc) is 2.47. The van der Waals surface area contributed by atoms with Crippen molar-refractivity contribution in [1.82, 2.24) is 15.0 Å². The van der Waals surface area contributed by atoms with E-state index in [1.165, 1.54) is 11.8 Å². The lowest BCUT2D eigenvalue weighted by atomic mass is 10.2. The van der Waals surface area contributed by atoms with E-state index >= 15 is 0 Å². The van der Waals surface area contributed by atoms with Gasteiger partial charge in [-0.2, -0.15) is 0 Å². The Morgan fingerprint density at radius 2 is 2.10 bits per heavy atom. The van der Waals surface area contributed by atoms with E-state index in [4.69, 9.17) is 4.74 Å². The number of carbonyl (C=O) groups excluding carboxylic acids is 1. The summed E-state index contributed by atoms with van der Waals surface area (Å²) in [6.07, 6.45) is 3.46. The number of ether oxygens (including phenoxy) is 1. The quantitative estimate of drug-likeness (QED) is 0.479. The van der Waals surface area contributed by atoms with Gasteiger partial charge >= 0.3 is 5.97 Å². The third-order valence-electron chi connectivity index (χ3n) is 2.43. The lowest BCUT2D eigenvalue weighted by molar-refractivity contribution is -0.139. The normalized spacial score (nSPS) is 10.3. The molecule has 0 saturated carbocycles.